The summed E-state index contributed by atoms with van der Waals surface area (Å²) in [6.07, 6.45) is 0. The highest BCUT2D eigenvalue weighted by Crippen LogP contribution is 2.19. The van der Waals surface area contributed by atoms with Crippen LogP contribution in [0.1, 0.15) is 39.0 Å². The first-order chi connectivity index (χ1) is 14.8. The van der Waals surface area contributed by atoms with Crippen LogP contribution in [0.2, 0.25) is 0 Å². The Morgan fingerprint density at radius 3 is 2.39 bits per heavy atom. The van der Waals surface area contributed by atoms with Gasteiger partial charge in [-0.2, -0.15) is 0 Å². The van der Waals surface area contributed by atoms with Gasteiger partial charge in [0.15, 0.2) is 5.69 Å². The third-order valence-corrected chi connectivity index (χ3v) is 5.04. The monoisotopic (exact) mass is 421 g/mol. The van der Waals surface area contributed by atoms with Crippen molar-refractivity contribution in [2.45, 2.75) is 20.4 Å². The third-order valence-electron chi connectivity index (χ3n) is 5.04. The average molecular weight is 422 g/mol. The molecule has 0 fully saturated rings. The molecule has 0 spiro atoms. The van der Waals surface area contributed by atoms with Gasteiger partial charge in [-0.05, 0) is 43.7 Å². The van der Waals surface area contributed by atoms with Crippen molar-refractivity contribution in [2.24, 2.45) is 0 Å². The molecular formula is C23H27N5O3. The van der Waals surface area contributed by atoms with Crippen LogP contribution in [0, 0.1) is 6.92 Å². The molecule has 2 aromatic carbocycles. The largest absolute Gasteiger partial charge is 0.497 e. The van der Waals surface area contributed by atoms with Crippen molar-refractivity contribution in [2.75, 3.05) is 27.7 Å². The van der Waals surface area contributed by atoms with Gasteiger partial charge in [-0.25, -0.2) is 4.68 Å². The quantitative estimate of drug-likeness (QED) is 0.586. The van der Waals surface area contributed by atoms with Crippen LogP contribution in [0.4, 0.5) is 0 Å². The van der Waals surface area contributed by atoms with Crippen molar-refractivity contribution in [3.8, 4) is 11.4 Å². The van der Waals surface area contributed by atoms with E-state index in [1.54, 1.807) is 42.9 Å². The van der Waals surface area contributed by atoms with E-state index in [2.05, 4.69) is 10.3 Å². The van der Waals surface area contributed by atoms with E-state index in [-0.39, 0.29) is 11.8 Å². The van der Waals surface area contributed by atoms with Gasteiger partial charge in [0.05, 0.1) is 18.5 Å². The normalized spacial score (nSPS) is 10.6. The molecule has 2 amide bonds. The Balaban J connectivity index is 1.79. The van der Waals surface area contributed by atoms with Crippen molar-refractivity contribution < 1.29 is 14.3 Å². The van der Waals surface area contributed by atoms with Crippen LogP contribution in [-0.2, 0) is 6.54 Å². The molecule has 0 unspecified atom stereocenters. The molecule has 1 heterocycles. The molecule has 162 valence electrons. The lowest BCUT2D eigenvalue weighted by atomic mass is 10.1. The lowest BCUT2D eigenvalue weighted by molar-refractivity contribution is 0.0744. The van der Waals surface area contributed by atoms with E-state index in [9.17, 15) is 9.59 Å². The smallest absolute Gasteiger partial charge is 0.276 e. The molecule has 0 atom stereocenters. The van der Waals surface area contributed by atoms with Gasteiger partial charge < -0.3 is 14.5 Å². The highest BCUT2D eigenvalue weighted by Gasteiger charge is 2.22. The summed E-state index contributed by atoms with van der Waals surface area (Å²) >= 11 is 0. The van der Waals surface area contributed by atoms with Gasteiger partial charge >= 0.3 is 0 Å². The Morgan fingerprint density at radius 2 is 1.77 bits per heavy atom. The number of amides is 2. The van der Waals surface area contributed by atoms with Gasteiger partial charge in [0.1, 0.15) is 5.75 Å². The van der Waals surface area contributed by atoms with Gasteiger partial charge in [0.25, 0.3) is 11.8 Å². The van der Waals surface area contributed by atoms with Crippen molar-refractivity contribution in [1.82, 2.24) is 24.8 Å². The van der Waals surface area contributed by atoms with E-state index in [1.807, 2.05) is 50.2 Å². The van der Waals surface area contributed by atoms with Crippen LogP contribution < -0.4 is 4.74 Å². The first kappa shape index (κ1) is 22.0. The first-order valence-corrected chi connectivity index (χ1v) is 10.0. The number of benzene rings is 2. The lowest BCUT2D eigenvalue weighted by Gasteiger charge is -2.20. The second kappa shape index (κ2) is 9.42. The summed E-state index contributed by atoms with van der Waals surface area (Å²) in [5.74, 6) is 0.453. The predicted octanol–water partition coefficient (Wildman–Crippen LogP) is 2.95. The molecule has 3 aromatic rings. The lowest BCUT2D eigenvalue weighted by Crippen LogP contribution is -2.31. The predicted molar refractivity (Wildman–Crippen MR) is 118 cm³/mol. The van der Waals surface area contributed by atoms with E-state index in [1.165, 1.54) is 4.90 Å². The Labute approximate surface area is 182 Å². The Kier molecular flexibility index (Phi) is 6.69. The van der Waals surface area contributed by atoms with Crippen LogP contribution >= 0.6 is 0 Å². The number of hydrogen-bond donors (Lipinski definition) is 0. The maximum Gasteiger partial charge on any atom is 0.276 e. The average Bonchev–Trinajstić information content (AvgIpc) is 3.18. The van der Waals surface area contributed by atoms with E-state index < -0.39 is 0 Å². The van der Waals surface area contributed by atoms with Gasteiger partial charge in [-0.1, -0.05) is 23.4 Å². The van der Waals surface area contributed by atoms with Crippen molar-refractivity contribution >= 4 is 11.8 Å². The van der Waals surface area contributed by atoms with E-state index >= 15 is 0 Å². The molecule has 0 saturated carbocycles. The molecule has 3 rings (SSSR count). The van der Waals surface area contributed by atoms with Crippen LogP contribution in [0.15, 0.2) is 48.5 Å². The van der Waals surface area contributed by atoms with Gasteiger partial charge in [0.2, 0.25) is 0 Å². The SMILES string of the molecule is CCN(Cc1ccc(C(=O)N(C)C)cc1)C(=O)c1nnn(-c2cccc(OC)c2)c1C. The molecular weight excluding hydrogens is 394 g/mol. The summed E-state index contributed by atoms with van der Waals surface area (Å²) in [6.45, 7) is 4.67. The van der Waals surface area contributed by atoms with Crippen molar-refractivity contribution in [3.63, 3.8) is 0 Å². The van der Waals surface area contributed by atoms with E-state index in [0.29, 0.717) is 35.8 Å². The van der Waals surface area contributed by atoms with E-state index in [4.69, 9.17) is 4.74 Å². The summed E-state index contributed by atoms with van der Waals surface area (Å²) in [6, 6.07) is 14.7. The van der Waals surface area contributed by atoms with Crippen molar-refractivity contribution in [1.29, 1.82) is 0 Å². The van der Waals surface area contributed by atoms with E-state index in [0.717, 1.165) is 11.3 Å². The number of ether oxygens (including phenoxy) is 1. The number of nitrogens with zero attached hydrogens (tertiary/aromatic N) is 5. The Bertz CT molecular complexity index is 1070. The Hall–Kier alpha value is -3.68. The summed E-state index contributed by atoms with van der Waals surface area (Å²) < 4.78 is 6.90. The zero-order chi connectivity index (χ0) is 22.5. The number of methoxy groups -OCH3 is 1. The van der Waals surface area contributed by atoms with Gasteiger partial charge in [0, 0.05) is 38.8 Å². The molecule has 0 saturated heterocycles. The number of carbonyl (C=O) groups excluding carboxylic acids is 2. The number of rotatable bonds is 7. The molecule has 0 aliphatic heterocycles. The second-order valence-corrected chi connectivity index (χ2v) is 7.35. The summed E-state index contributed by atoms with van der Waals surface area (Å²) in [5.41, 5.74) is 3.28. The van der Waals surface area contributed by atoms with Gasteiger partial charge in [-0.15, -0.1) is 5.10 Å². The number of hydrogen-bond acceptors (Lipinski definition) is 5. The standard InChI is InChI=1S/C23H27N5O3/c1-6-27(15-17-10-12-18(13-11-17)22(29)26(3)4)23(30)21-16(2)28(25-24-21)19-8-7-9-20(14-19)31-5/h7-14H,6,15H2,1-5H3. The fraction of sp³-hybridized carbons (Fsp3) is 0.304. The fourth-order valence-corrected chi connectivity index (χ4v) is 3.22. The van der Waals surface area contributed by atoms with Crippen LogP contribution in [0.3, 0.4) is 0 Å². The molecule has 0 aliphatic carbocycles. The zero-order valence-electron chi connectivity index (χ0n) is 18.5. The molecule has 0 radical (unpaired) electrons. The molecule has 1 aromatic heterocycles. The highest BCUT2D eigenvalue weighted by molar-refractivity contribution is 5.94. The molecule has 31 heavy (non-hydrogen) atoms. The zero-order valence-corrected chi connectivity index (χ0v) is 18.5. The maximum absolute atomic E-state index is 13.2. The topological polar surface area (TPSA) is 80.6 Å². The summed E-state index contributed by atoms with van der Waals surface area (Å²) in [7, 11) is 5.04. The third kappa shape index (κ3) is 4.74. The minimum absolute atomic E-state index is 0.0558. The summed E-state index contributed by atoms with van der Waals surface area (Å²) in [5, 5.41) is 8.32. The van der Waals surface area contributed by atoms with Crippen LogP contribution in [0.25, 0.3) is 5.69 Å². The second-order valence-electron chi connectivity index (χ2n) is 7.35. The number of aromatic nitrogens is 3. The molecule has 8 nitrogen and oxygen atoms in total. The van der Waals surface area contributed by atoms with Gasteiger partial charge in [-0.3, -0.25) is 9.59 Å². The minimum Gasteiger partial charge on any atom is -0.497 e. The highest BCUT2D eigenvalue weighted by atomic mass is 16.5. The van der Waals surface area contributed by atoms with Crippen molar-refractivity contribution in [3.05, 3.63) is 71.0 Å². The first-order valence-electron chi connectivity index (χ1n) is 10.0. The Morgan fingerprint density at radius 1 is 1.06 bits per heavy atom. The molecule has 0 aliphatic rings. The number of carbonyl (C=O) groups is 2. The fourth-order valence-electron chi connectivity index (χ4n) is 3.22. The van der Waals surface area contributed by atoms with Crippen LogP contribution in [-0.4, -0.2) is 64.4 Å². The molecule has 0 N–H and O–H groups in total. The molecule has 8 heteroatoms. The minimum atomic E-state index is -0.192. The molecule has 0 bridgehead atoms. The maximum atomic E-state index is 13.2. The van der Waals surface area contributed by atoms with Crippen LogP contribution in [0.5, 0.6) is 5.75 Å². The summed E-state index contributed by atoms with van der Waals surface area (Å²) in [4.78, 5) is 28.5.